The van der Waals surface area contributed by atoms with Crippen LogP contribution in [0.4, 0.5) is 0 Å². The highest BCUT2D eigenvalue weighted by atomic mass is 16.5. The third kappa shape index (κ3) is 3.70. The van der Waals surface area contributed by atoms with Crippen molar-refractivity contribution in [3.8, 4) is 0 Å². The van der Waals surface area contributed by atoms with Gasteiger partial charge in [0.05, 0.1) is 13.0 Å². The molecule has 1 saturated heterocycles. The molecule has 0 aromatic heterocycles. The van der Waals surface area contributed by atoms with Crippen LogP contribution < -0.4 is 5.32 Å². The van der Waals surface area contributed by atoms with Gasteiger partial charge in [-0.15, -0.1) is 0 Å². The largest absolute Gasteiger partial charge is 0.469 e. The number of carbonyl (C=O) groups is 2. The lowest BCUT2D eigenvalue weighted by Crippen LogP contribution is -2.42. The third-order valence-electron chi connectivity index (χ3n) is 3.50. The molecule has 5 heteroatoms. The standard InChI is InChI=1S/C12H22N2O3/c1-8(12(16)17-4)9(2)14-6-5-11(7-14)13-10(3)15/h8-9,11H,5-7H2,1-4H3,(H,13,15). The number of hydrogen-bond acceptors (Lipinski definition) is 4. The van der Waals surface area contributed by atoms with Gasteiger partial charge >= 0.3 is 5.97 Å². The molecule has 17 heavy (non-hydrogen) atoms. The van der Waals surface area contributed by atoms with E-state index >= 15 is 0 Å². The van der Waals surface area contributed by atoms with Gasteiger partial charge in [0, 0.05) is 32.1 Å². The summed E-state index contributed by atoms with van der Waals surface area (Å²) >= 11 is 0. The minimum absolute atomic E-state index is 0.00511. The van der Waals surface area contributed by atoms with Crippen LogP contribution >= 0.6 is 0 Å². The highest BCUT2D eigenvalue weighted by molar-refractivity contribution is 5.73. The number of amides is 1. The van der Waals surface area contributed by atoms with Crippen LogP contribution in [0, 0.1) is 5.92 Å². The summed E-state index contributed by atoms with van der Waals surface area (Å²) in [5.74, 6) is -0.318. The average Bonchev–Trinajstić information content (AvgIpc) is 2.73. The topological polar surface area (TPSA) is 58.6 Å². The molecular formula is C12H22N2O3. The Morgan fingerprint density at radius 3 is 2.59 bits per heavy atom. The lowest BCUT2D eigenvalue weighted by molar-refractivity contribution is -0.146. The van der Waals surface area contributed by atoms with Gasteiger partial charge in [0.2, 0.25) is 5.91 Å². The Bertz CT molecular complexity index is 293. The third-order valence-corrected chi connectivity index (χ3v) is 3.50. The van der Waals surface area contributed by atoms with Crippen molar-refractivity contribution in [2.24, 2.45) is 5.92 Å². The van der Waals surface area contributed by atoms with Crippen molar-refractivity contribution in [2.45, 2.75) is 39.3 Å². The van der Waals surface area contributed by atoms with Gasteiger partial charge in [0.1, 0.15) is 0 Å². The number of esters is 1. The second-order valence-corrected chi connectivity index (χ2v) is 4.73. The number of nitrogens with one attached hydrogen (secondary N) is 1. The number of ether oxygens (including phenoxy) is 1. The van der Waals surface area contributed by atoms with E-state index in [1.54, 1.807) is 0 Å². The first kappa shape index (κ1) is 14.0. The molecule has 1 rings (SSSR count). The van der Waals surface area contributed by atoms with Gasteiger partial charge in [-0.2, -0.15) is 0 Å². The van der Waals surface area contributed by atoms with Crippen LogP contribution in [0.2, 0.25) is 0 Å². The Kier molecular flexibility index (Phi) is 4.93. The van der Waals surface area contributed by atoms with Gasteiger partial charge in [-0.25, -0.2) is 0 Å². The minimum atomic E-state index is -0.180. The molecule has 1 N–H and O–H groups in total. The Morgan fingerprint density at radius 1 is 1.41 bits per heavy atom. The van der Waals surface area contributed by atoms with Crippen molar-refractivity contribution in [3.05, 3.63) is 0 Å². The van der Waals surface area contributed by atoms with Gasteiger partial charge in [0.15, 0.2) is 0 Å². The zero-order valence-corrected chi connectivity index (χ0v) is 11.0. The lowest BCUT2D eigenvalue weighted by atomic mass is 10.0. The summed E-state index contributed by atoms with van der Waals surface area (Å²) in [6, 6.07) is 0.348. The molecule has 98 valence electrons. The summed E-state index contributed by atoms with van der Waals surface area (Å²) in [7, 11) is 1.41. The molecule has 0 spiro atoms. The van der Waals surface area contributed by atoms with Crippen LogP contribution in [0.3, 0.4) is 0 Å². The average molecular weight is 242 g/mol. The fourth-order valence-corrected chi connectivity index (χ4v) is 2.26. The van der Waals surface area contributed by atoms with Crippen LogP contribution in [0.5, 0.6) is 0 Å². The van der Waals surface area contributed by atoms with Crippen molar-refractivity contribution in [2.75, 3.05) is 20.2 Å². The van der Waals surface area contributed by atoms with E-state index in [-0.39, 0.29) is 29.9 Å². The Labute approximate surface area is 102 Å². The van der Waals surface area contributed by atoms with Crippen LogP contribution in [0.25, 0.3) is 0 Å². The molecule has 1 aliphatic heterocycles. The van der Waals surface area contributed by atoms with Crippen molar-refractivity contribution >= 4 is 11.9 Å². The highest BCUT2D eigenvalue weighted by Crippen LogP contribution is 2.18. The van der Waals surface area contributed by atoms with E-state index in [0.717, 1.165) is 19.5 Å². The number of rotatable bonds is 4. The maximum atomic E-state index is 11.5. The van der Waals surface area contributed by atoms with E-state index in [2.05, 4.69) is 10.2 Å². The van der Waals surface area contributed by atoms with Crippen LogP contribution in [-0.2, 0) is 14.3 Å². The van der Waals surface area contributed by atoms with Crippen molar-refractivity contribution in [1.82, 2.24) is 10.2 Å². The summed E-state index contributed by atoms with van der Waals surface area (Å²) in [6.45, 7) is 7.15. The number of hydrogen-bond donors (Lipinski definition) is 1. The quantitative estimate of drug-likeness (QED) is 0.725. The minimum Gasteiger partial charge on any atom is -0.469 e. The second-order valence-electron chi connectivity index (χ2n) is 4.73. The van der Waals surface area contributed by atoms with E-state index in [4.69, 9.17) is 4.74 Å². The lowest BCUT2D eigenvalue weighted by Gasteiger charge is -2.28. The summed E-state index contributed by atoms with van der Waals surface area (Å²) in [4.78, 5) is 24.6. The van der Waals surface area contributed by atoms with Gasteiger partial charge in [0.25, 0.3) is 0 Å². The zero-order valence-electron chi connectivity index (χ0n) is 11.0. The van der Waals surface area contributed by atoms with Crippen molar-refractivity contribution in [3.63, 3.8) is 0 Å². The van der Waals surface area contributed by atoms with Crippen LogP contribution in [0.15, 0.2) is 0 Å². The first-order chi connectivity index (χ1) is 7.95. The molecule has 3 unspecified atom stereocenters. The smallest absolute Gasteiger partial charge is 0.309 e. The number of likely N-dealkylation sites (tertiary alicyclic amines) is 1. The maximum Gasteiger partial charge on any atom is 0.309 e. The normalized spacial score (nSPS) is 24.1. The van der Waals surface area contributed by atoms with E-state index in [0.29, 0.717) is 0 Å². The molecule has 0 aliphatic carbocycles. The molecule has 1 fully saturated rings. The van der Waals surface area contributed by atoms with Gasteiger partial charge in [-0.1, -0.05) is 6.92 Å². The number of carbonyl (C=O) groups excluding carboxylic acids is 2. The molecule has 0 bridgehead atoms. The van der Waals surface area contributed by atoms with Gasteiger partial charge in [-0.05, 0) is 13.3 Å². The zero-order chi connectivity index (χ0) is 13.0. The number of methoxy groups -OCH3 is 1. The Hall–Kier alpha value is -1.10. The molecule has 0 aromatic rings. The molecule has 3 atom stereocenters. The van der Waals surface area contributed by atoms with Crippen molar-refractivity contribution in [1.29, 1.82) is 0 Å². The summed E-state index contributed by atoms with van der Waals surface area (Å²) in [5, 5.41) is 2.91. The molecule has 1 amide bonds. The molecule has 5 nitrogen and oxygen atoms in total. The molecule has 1 heterocycles. The Morgan fingerprint density at radius 2 is 2.06 bits per heavy atom. The monoisotopic (exact) mass is 242 g/mol. The molecular weight excluding hydrogens is 220 g/mol. The summed E-state index contributed by atoms with van der Waals surface area (Å²) in [5.41, 5.74) is 0. The first-order valence-electron chi connectivity index (χ1n) is 6.04. The fraction of sp³-hybridized carbons (Fsp3) is 0.833. The second kappa shape index (κ2) is 6.00. The summed E-state index contributed by atoms with van der Waals surface area (Å²) < 4.78 is 4.75. The van der Waals surface area contributed by atoms with Gasteiger partial charge < -0.3 is 10.1 Å². The van der Waals surface area contributed by atoms with Gasteiger partial charge in [-0.3, -0.25) is 14.5 Å². The highest BCUT2D eigenvalue weighted by Gasteiger charge is 2.31. The maximum absolute atomic E-state index is 11.5. The van der Waals surface area contributed by atoms with E-state index in [1.807, 2.05) is 13.8 Å². The first-order valence-corrected chi connectivity index (χ1v) is 6.04. The van der Waals surface area contributed by atoms with E-state index in [9.17, 15) is 9.59 Å². The van der Waals surface area contributed by atoms with E-state index in [1.165, 1.54) is 14.0 Å². The van der Waals surface area contributed by atoms with Crippen LogP contribution in [-0.4, -0.2) is 49.1 Å². The molecule has 0 radical (unpaired) electrons. The van der Waals surface area contributed by atoms with E-state index < -0.39 is 0 Å². The van der Waals surface area contributed by atoms with Crippen LogP contribution in [0.1, 0.15) is 27.2 Å². The van der Waals surface area contributed by atoms with Crippen molar-refractivity contribution < 1.29 is 14.3 Å². The fourth-order valence-electron chi connectivity index (χ4n) is 2.26. The predicted octanol–water partition coefficient (Wildman–Crippen LogP) is 0.394. The molecule has 0 saturated carbocycles. The predicted molar refractivity (Wildman–Crippen MR) is 64.4 cm³/mol. The number of nitrogens with zero attached hydrogens (tertiary/aromatic N) is 1. The molecule has 0 aromatic carbocycles. The SMILES string of the molecule is COC(=O)C(C)C(C)N1CCC(NC(C)=O)C1. The molecule has 1 aliphatic rings. The Balaban J connectivity index is 2.47. The summed E-state index contributed by atoms with van der Waals surface area (Å²) in [6.07, 6.45) is 0.942.